The van der Waals surface area contributed by atoms with E-state index in [1.54, 1.807) is 12.1 Å². The zero-order chi connectivity index (χ0) is 13.3. The third kappa shape index (κ3) is 2.04. The number of hydrogen-bond donors (Lipinski definition) is 2. The Morgan fingerprint density at radius 1 is 1.50 bits per heavy atom. The lowest BCUT2D eigenvalue weighted by molar-refractivity contribution is 0.0692. The number of halogens is 1. The number of benzene rings is 1. The zero-order valence-corrected chi connectivity index (χ0v) is 10.6. The van der Waals surface area contributed by atoms with Crippen molar-refractivity contribution >= 4 is 17.6 Å². The number of H-pyrrole nitrogens is 1. The van der Waals surface area contributed by atoms with E-state index in [4.69, 9.17) is 21.4 Å². The van der Waals surface area contributed by atoms with Crippen molar-refractivity contribution in [1.29, 1.82) is 0 Å². The number of imidazole rings is 1. The molecule has 0 spiro atoms. The molecule has 0 radical (unpaired) electrons. The Morgan fingerprint density at radius 2 is 2.22 bits per heavy atom. The van der Waals surface area contributed by atoms with Crippen molar-refractivity contribution < 1.29 is 14.6 Å². The van der Waals surface area contributed by atoms with Crippen LogP contribution in [-0.2, 0) is 0 Å². The van der Waals surface area contributed by atoms with E-state index in [2.05, 4.69) is 9.97 Å². The van der Waals surface area contributed by atoms with Crippen LogP contribution in [0.1, 0.15) is 16.1 Å². The van der Waals surface area contributed by atoms with Gasteiger partial charge in [0.05, 0.1) is 13.4 Å². The van der Waals surface area contributed by atoms with Crippen molar-refractivity contribution in [3.05, 3.63) is 34.7 Å². The standard InChI is InChI=1S/C12H11ClN2O3/c1-6-3-9(18-2)7(4-8(6)13)10-11(12(16)17)15-5-14-10/h3-5H,1-2H3,(H,14,15)(H,16,17). The normalized spacial score (nSPS) is 10.4. The van der Waals surface area contributed by atoms with Gasteiger partial charge in [-0.1, -0.05) is 11.6 Å². The van der Waals surface area contributed by atoms with Crippen molar-refractivity contribution in [2.75, 3.05) is 7.11 Å². The molecule has 0 bridgehead atoms. The third-order valence-corrected chi connectivity index (χ3v) is 3.00. The summed E-state index contributed by atoms with van der Waals surface area (Å²) >= 11 is 6.05. The lowest BCUT2D eigenvalue weighted by atomic mass is 10.1. The molecule has 2 aromatic rings. The van der Waals surface area contributed by atoms with Gasteiger partial charge in [0.25, 0.3) is 0 Å². The van der Waals surface area contributed by atoms with E-state index in [0.717, 1.165) is 5.56 Å². The molecule has 0 atom stereocenters. The molecule has 0 unspecified atom stereocenters. The number of aromatic amines is 1. The molecule has 94 valence electrons. The maximum absolute atomic E-state index is 11.1. The number of ether oxygens (including phenoxy) is 1. The van der Waals surface area contributed by atoms with Gasteiger partial charge in [-0.2, -0.15) is 0 Å². The van der Waals surface area contributed by atoms with Crippen LogP contribution in [0.2, 0.25) is 5.02 Å². The topological polar surface area (TPSA) is 75.2 Å². The number of carboxylic acids is 1. The van der Waals surface area contributed by atoms with Crippen LogP contribution in [0.4, 0.5) is 0 Å². The fraction of sp³-hybridized carbons (Fsp3) is 0.167. The van der Waals surface area contributed by atoms with Gasteiger partial charge in [0, 0.05) is 10.6 Å². The van der Waals surface area contributed by atoms with E-state index in [-0.39, 0.29) is 5.69 Å². The van der Waals surface area contributed by atoms with Crippen LogP contribution >= 0.6 is 11.6 Å². The van der Waals surface area contributed by atoms with Crippen molar-refractivity contribution in [2.45, 2.75) is 6.92 Å². The summed E-state index contributed by atoms with van der Waals surface area (Å²) in [7, 11) is 1.51. The first-order chi connectivity index (χ1) is 8.54. The molecule has 0 aliphatic rings. The molecule has 0 saturated heterocycles. The monoisotopic (exact) mass is 266 g/mol. The third-order valence-electron chi connectivity index (χ3n) is 2.59. The molecular weight excluding hydrogens is 256 g/mol. The minimum absolute atomic E-state index is 0.00761. The van der Waals surface area contributed by atoms with Crippen LogP contribution in [0.5, 0.6) is 5.75 Å². The molecule has 1 aromatic heterocycles. The number of methoxy groups -OCH3 is 1. The summed E-state index contributed by atoms with van der Waals surface area (Å²) in [5.41, 5.74) is 1.71. The van der Waals surface area contributed by atoms with Crippen LogP contribution in [0, 0.1) is 6.92 Å². The number of nitrogens with one attached hydrogen (secondary N) is 1. The number of carbonyl (C=O) groups is 1. The van der Waals surface area contributed by atoms with Crippen molar-refractivity contribution in [2.24, 2.45) is 0 Å². The Bertz CT molecular complexity index is 607. The van der Waals surface area contributed by atoms with E-state index >= 15 is 0 Å². The minimum Gasteiger partial charge on any atom is -0.496 e. The molecule has 2 rings (SSSR count). The van der Waals surface area contributed by atoms with E-state index in [9.17, 15) is 4.79 Å². The Labute approximate surface area is 108 Å². The molecule has 1 heterocycles. The molecule has 0 amide bonds. The van der Waals surface area contributed by atoms with Crippen LogP contribution in [0.25, 0.3) is 11.3 Å². The lowest BCUT2D eigenvalue weighted by Crippen LogP contribution is -2.00. The number of rotatable bonds is 3. The number of carboxylic acid groups (broad SMARTS) is 1. The Kier molecular flexibility index (Phi) is 3.25. The van der Waals surface area contributed by atoms with Crippen LogP contribution in [0.3, 0.4) is 0 Å². The zero-order valence-electron chi connectivity index (χ0n) is 9.82. The predicted octanol–water partition coefficient (Wildman–Crippen LogP) is 2.75. The van der Waals surface area contributed by atoms with Gasteiger partial charge in [-0.25, -0.2) is 9.78 Å². The SMILES string of the molecule is COc1cc(C)c(Cl)cc1-c1nc[nH]c1C(=O)O. The lowest BCUT2D eigenvalue weighted by Gasteiger charge is -2.09. The Morgan fingerprint density at radius 3 is 2.83 bits per heavy atom. The molecule has 18 heavy (non-hydrogen) atoms. The van der Waals surface area contributed by atoms with Crippen LogP contribution in [0.15, 0.2) is 18.5 Å². The maximum atomic E-state index is 11.1. The smallest absolute Gasteiger partial charge is 0.354 e. The molecule has 2 N–H and O–H groups in total. The fourth-order valence-corrected chi connectivity index (χ4v) is 1.83. The number of aryl methyl sites for hydroxylation is 1. The fourth-order valence-electron chi connectivity index (χ4n) is 1.67. The average Bonchev–Trinajstić information content (AvgIpc) is 2.81. The summed E-state index contributed by atoms with van der Waals surface area (Å²) < 4.78 is 5.23. The number of nitrogens with zero attached hydrogens (tertiary/aromatic N) is 1. The summed E-state index contributed by atoms with van der Waals surface area (Å²) in [6.45, 7) is 1.84. The number of aromatic carboxylic acids is 1. The highest BCUT2D eigenvalue weighted by molar-refractivity contribution is 6.31. The van der Waals surface area contributed by atoms with E-state index in [0.29, 0.717) is 22.0 Å². The molecule has 6 heteroatoms. The number of aromatic nitrogens is 2. The Balaban J connectivity index is 2.66. The second kappa shape index (κ2) is 4.70. The molecule has 1 aromatic carbocycles. The van der Waals surface area contributed by atoms with Gasteiger partial charge >= 0.3 is 5.97 Å². The number of hydrogen-bond acceptors (Lipinski definition) is 3. The maximum Gasteiger partial charge on any atom is 0.354 e. The predicted molar refractivity (Wildman–Crippen MR) is 67.3 cm³/mol. The highest BCUT2D eigenvalue weighted by atomic mass is 35.5. The highest BCUT2D eigenvalue weighted by Crippen LogP contribution is 2.34. The molecule has 0 aliphatic carbocycles. The summed E-state index contributed by atoms with van der Waals surface area (Å²) in [5.74, 6) is -0.548. The average molecular weight is 267 g/mol. The molecule has 0 saturated carbocycles. The van der Waals surface area contributed by atoms with Gasteiger partial charge in [-0.15, -0.1) is 0 Å². The molecule has 0 fully saturated rings. The Hall–Kier alpha value is -2.01. The van der Waals surface area contributed by atoms with Crippen LogP contribution < -0.4 is 4.74 Å². The van der Waals surface area contributed by atoms with Gasteiger partial charge in [0.2, 0.25) is 0 Å². The van der Waals surface area contributed by atoms with Crippen LogP contribution in [-0.4, -0.2) is 28.2 Å². The summed E-state index contributed by atoms with van der Waals surface area (Å²) in [6, 6.07) is 3.40. The van der Waals surface area contributed by atoms with Gasteiger partial charge in [-0.05, 0) is 24.6 Å². The minimum atomic E-state index is -1.08. The molecular formula is C12H11ClN2O3. The van der Waals surface area contributed by atoms with Crippen molar-refractivity contribution in [3.8, 4) is 17.0 Å². The summed E-state index contributed by atoms with van der Waals surface area (Å²) in [5, 5.41) is 9.59. The van der Waals surface area contributed by atoms with Gasteiger partial charge < -0.3 is 14.8 Å². The quantitative estimate of drug-likeness (QED) is 0.896. The largest absolute Gasteiger partial charge is 0.496 e. The van der Waals surface area contributed by atoms with Gasteiger partial charge in [0.15, 0.2) is 5.69 Å². The van der Waals surface area contributed by atoms with Gasteiger partial charge in [0.1, 0.15) is 11.4 Å². The molecule has 5 nitrogen and oxygen atoms in total. The molecule has 0 aliphatic heterocycles. The van der Waals surface area contributed by atoms with Crippen molar-refractivity contribution in [3.63, 3.8) is 0 Å². The van der Waals surface area contributed by atoms with E-state index in [1.807, 2.05) is 6.92 Å². The first-order valence-corrected chi connectivity index (χ1v) is 5.53. The second-order valence-corrected chi connectivity index (χ2v) is 4.14. The van der Waals surface area contributed by atoms with Crippen molar-refractivity contribution in [1.82, 2.24) is 9.97 Å². The second-order valence-electron chi connectivity index (χ2n) is 3.73. The summed E-state index contributed by atoms with van der Waals surface area (Å²) in [6.07, 6.45) is 1.33. The first kappa shape index (κ1) is 12.4. The van der Waals surface area contributed by atoms with E-state index < -0.39 is 5.97 Å². The van der Waals surface area contributed by atoms with Gasteiger partial charge in [-0.3, -0.25) is 0 Å². The summed E-state index contributed by atoms with van der Waals surface area (Å²) in [4.78, 5) is 17.7. The highest BCUT2D eigenvalue weighted by Gasteiger charge is 2.19. The first-order valence-electron chi connectivity index (χ1n) is 5.15. The van der Waals surface area contributed by atoms with E-state index in [1.165, 1.54) is 13.4 Å².